The Labute approximate surface area is 268 Å². The molecule has 10 nitrogen and oxygen atoms in total. The molecule has 5 atom stereocenters. The lowest BCUT2D eigenvalue weighted by atomic mass is 9.84. The van der Waals surface area contributed by atoms with Crippen LogP contribution in [0.15, 0.2) is 23.8 Å². The van der Waals surface area contributed by atoms with Gasteiger partial charge in [-0.3, -0.25) is 18.7 Å². The second kappa shape index (κ2) is 16.1. The number of aryl methyl sites for hydroxylation is 1. The van der Waals surface area contributed by atoms with E-state index in [0.29, 0.717) is 51.5 Å². The number of hydrogen-bond acceptors (Lipinski definition) is 8. The minimum atomic E-state index is -5.29. The summed E-state index contributed by atoms with van der Waals surface area (Å²) in [6.45, 7) is 6.87. The molecule has 0 aromatic heterocycles. The number of nitrogens with one attached hydrogen (secondary N) is 2. The molecule has 46 heavy (non-hydrogen) atoms. The van der Waals surface area contributed by atoms with Crippen molar-refractivity contribution < 1.29 is 54.8 Å². The van der Waals surface area contributed by atoms with Crippen LogP contribution in [0.2, 0.25) is 0 Å². The monoisotopic (exact) mass is 700 g/mol. The van der Waals surface area contributed by atoms with E-state index in [4.69, 9.17) is 9.05 Å². The first-order valence-electron chi connectivity index (χ1n) is 15.1. The topological polar surface area (TPSA) is 129 Å². The number of allylic oxidation sites excluding steroid dienone is 2. The van der Waals surface area contributed by atoms with Crippen LogP contribution in [0.25, 0.3) is 0 Å². The standard InChI is InChI=1S/C30H46F4N2O8P2/c1-9-10-11-14-22-17-24(43-45(39,29(5,31)32)35-20(3)27(37)41-7)26(23-15-12-13-19(2)16-23)25(18-22)44-46(40,30(6,33)34)36-21(4)28(38)42-8/h16-18,20-21,23H,9-15H2,1-8H3,(H,35,39)(H,36,40)/t20-,21-,23?,45?,46?/m0/s1. The second-order valence-electron chi connectivity index (χ2n) is 11.7. The number of unbranched alkanes of at least 4 members (excludes halogenated alkanes) is 2. The largest absolute Gasteiger partial charge is 0.468 e. The third-order valence-corrected chi connectivity index (χ3v) is 11.9. The van der Waals surface area contributed by atoms with Gasteiger partial charge in [0, 0.05) is 25.3 Å². The van der Waals surface area contributed by atoms with Gasteiger partial charge < -0.3 is 18.5 Å². The van der Waals surface area contributed by atoms with Gasteiger partial charge in [0.05, 0.1) is 14.2 Å². The van der Waals surface area contributed by atoms with Crippen LogP contribution < -0.4 is 19.2 Å². The van der Waals surface area contributed by atoms with Crippen LogP contribution in [0, 0.1) is 0 Å². The molecule has 1 aromatic carbocycles. The highest BCUT2D eigenvalue weighted by Gasteiger charge is 2.53. The summed E-state index contributed by atoms with van der Waals surface area (Å²) < 4.78 is 109. The van der Waals surface area contributed by atoms with Crippen molar-refractivity contribution in [1.29, 1.82) is 0 Å². The van der Waals surface area contributed by atoms with Crippen molar-refractivity contribution in [2.75, 3.05) is 14.2 Å². The summed E-state index contributed by atoms with van der Waals surface area (Å²) in [6, 6.07) is -0.183. The first kappa shape index (κ1) is 39.8. The molecule has 0 amide bonds. The number of carbonyl (C=O) groups excluding carboxylic acids is 2. The molecule has 0 aliphatic heterocycles. The lowest BCUT2D eigenvalue weighted by molar-refractivity contribution is -0.143. The fourth-order valence-corrected chi connectivity index (χ4v) is 7.89. The minimum absolute atomic E-state index is 0.0349. The fourth-order valence-electron chi connectivity index (χ4n) is 4.92. The SMILES string of the molecule is CCCCCc1cc(OP(=O)(N[C@@H](C)C(=O)OC)C(C)(F)F)c(C2C=C(C)CCC2)c(OP(=O)(N[C@@H](C)C(=O)OC)C(C)(F)F)c1. The van der Waals surface area contributed by atoms with Gasteiger partial charge in [-0.05, 0) is 70.6 Å². The lowest BCUT2D eigenvalue weighted by Gasteiger charge is -2.33. The highest BCUT2D eigenvalue weighted by molar-refractivity contribution is 7.59. The predicted molar refractivity (Wildman–Crippen MR) is 167 cm³/mol. The summed E-state index contributed by atoms with van der Waals surface area (Å²) in [6.07, 6.45) is 6.05. The maximum Gasteiger partial charge on any atom is 0.385 e. The smallest absolute Gasteiger partial charge is 0.385 e. The number of carbonyl (C=O) groups is 2. The highest BCUT2D eigenvalue weighted by Crippen LogP contribution is 2.62. The van der Waals surface area contributed by atoms with E-state index in [2.05, 4.69) is 19.6 Å². The molecule has 262 valence electrons. The van der Waals surface area contributed by atoms with Gasteiger partial charge in [-0.1, -0.05) is 31.4 Å². The summed E-state index contributed by atoms with van der Waals surface area (Å²) in [7, 11) is -8.51. The zero-order valence-corrected chi connectivity index (χ0v) is 29.4. The Morgan fingerprint density at radius 3 is 1.74 bits per heavy atom. The molecule has 0 heterocycles. The van der Waals surface area contributed by atoms with Gasteiger partial charge in [-0.2, -0.15) is 17.6 Å². The van der Waals surface area contributed by atoms with Gasteiger partial charge >= 0.3 is 38.3 Å². The summed E-state index contributed by atoms with van der Waals surface area (Å²) in [5.41, 5.74) is -6.81. The van der Waals surface area contributed by atoms with E-state index in [1.807, 2.05) is 13.8 Å². The normalized spacial score (nSPS) is 19.6. The van der Waals surface area contributed by atoms with E-state index in [1.54, 1.807) is 6.08 Å². The molecule has 0 bridgehead atoms. The zero-order valence-electron chi connectivity index (χ0n) is 27.6. The molecule has 3 unspecified atom stereocenters. The molecule has 1 aliphatic carbocycles. The zero-order chi connectivity index (χ0) is 35.1. The van der Waals surface area contributed by atoms with Gasteiger partial charge in [0.2, 0.25) is 0 Å². The lowest BCUT2D eigenvalue weighted by Crippen LogP contribution is -2.38. The Morgan fingerprint density at radius 1 is 0.913 bits per heavy atom. The number of esters is 2. The molecule has 1 aliphatic rings. The summed E-state index contributed by atoms with van der Waals surface area (Å²) in [4.78, 5) is 24.2. The third kappa shape index (κ3) is 10.1. The maximum absolute atomic E-state index is 15.1. The van der Waals surface area contributed by atoms with Crippen LogP contribution in [-0.2, 0) is 34.6 Å². The maximum atomic E-state index is 15.1. The number of ether oxygens (including phenoxy) is 2. The Morgan fingerprint density at radius 2 is 1.37 bits per heavy atom. The van der Waals surface area contributed by atoms with Crippen molar-refractivity contribution in [3.8, 4) is 11.5 Å². The first-order valence-corrected chi connectivity index (χ1v) is 18.4. The first-order chi connectivity index (χ1) is 21.2. The van der Waals surface area contributed by atoms with E-state index < -0.39 is 56.3 Å². The van der Waals surface area contributed by atoms with E-state index in [-0.39, 0.29) is 17.1 Å². The van der Waals surface area contributed by atoms with Crippen molar-refractivity contribution in [3.05, 3.63) is 34.9 Å². The molecule has 0 radical (unpaired) electrons. The van der Waals surface area contributed by atoms with Crippen LogP contribution in [0.5, 0.6) is 11.5 Å². The minimum Gasteiger partial charge on any atom is -0.468 e. The van der Waals surface area contributed by atoms with E-state index in [1.165, 1.54) is 26.0 Å². The van der Waals surface area contributed by atoms with Gasteiger partial charge in [0.1, 0.15) is 23.6 Å². The summed E-state index contributed by atoms with van der Waals surface area (Å²) in [5.74, 6) is -3.37. The van der Waals surface area contributed by atoms with Crippen molar-refractivity contribution in [2.24, 2.45) is 0 Å². The second-order valence-corrected chi connectivity index (χ2v) is 16.4. The fraction of sp³-hybridized carbons (Fsp3) is 0.667. The number of hydrogen-bond donors (Lipinski definition) is 2. The highest BCUT2D eigenvalue weighted by atomic mass is 31.2. The molecule has 0 fully saturated rings. The van der Waals surface area contributed by atoms with Crippen molar-refractivity contribution in [2.45, 2.75) is 116 Å². The Kier molecular flexibility index (Phi) is 14.0. The molecule has 0 saturated heterocycles. The Bertz CT molecular complexity index is 1280. The molecule has 2 N–H and O–H groups in total. The molecule has 2 rings (SSSR count). The summed E-state index contributed by atoms with van der Waals surface area (Å²) in [5, 5.41) is 4.19. The van der Waals surface area contributed by atoms with Gasteiger partial charge in [-0.15, -0.1) is 0 Å². The van der Waals surface area contributed by atoms with Crippen LogP contribution in [0.4, 0.5) is 17.6 Å². The summed E-state index contributed by atoms with van der Waals surface area (Å²) >= 11 is 0. The molecular formula is C30H46F4N2O8P2. The average Bonchev–Trinajstić information content (AvgIpc) is 2.94. The van der Waals surface area contributed by atoms with Crippen molar-refractivity contribution >= 4 is 27.0 Å². The number of halogens is 4. The van der Waals surface area contributed by atoms with Crippen LogP contribution in [0.3, 0.4) is 0 Å². The van der Waals surface area contributed by atoms with Crippen LogP contribution >= 0.6 is 15.0 Å². The molecule has 0 spiro atoms. The number of benzene rings is 1. The Hall–Kier alpha value is -2.40. The average molecular weight is 701 g/mol. The van der Waals surface area contributed by atoms with E-state index >= 15 is 17.6 Å². The van der Waals surface area contributed by atoms with Crippen molar-refractivity contribution in [3.63, 3.8) is 0 Å². The van der Waals surface area contributed by atoms with Crippen LogP contribution in [-0.4, -0.2) is 49.6 Å². The quantitative estimate of drug-likeness (QED) is 0.0538. The number of methoxy groups -OCH3 is 2. The Balaban J connectivity index is 2.91. The van der Waals surface area contributed by atoms with Gasteiger partial charge in [-0.25, -0.2) is 10.2 Å². The predicted octanol–water partition coefficient (Wildman–Crippen LogP) is 8.30. The van der Waals surface area contributed by atoms with Gasteiger partial charge in [0.25, 0.3) is 0 Å². The van der Waals surface area contributed by atoms with Crippen LogP contribution in [0.1, 0.15) is 97.1 Å². The molecular weight excluding hydrogens is 654 g/mol. The van der Waals surface area contributed by atoms with E-state index in [0.717, 1.165) is 32.6 Å². The van der Waals surface area contributed by atoms with Crippen molar-refractivity contribution in [1.82, 2.24) is 10.2 Å². The van der Waals surface area contributed by atoms with Gasteiger partial charge in [0.15, 0.2) is 0 Å². The number of alkyl halides is 4. The van der Waals surface area contributed by atoms with E-state index in [9.17, 15) is 18.7 Å². The number of rotatable bonds is 17. The molecule has 0 saturated carbocycles. The third-order valence-electron chi connectivity index (χ3n) is 7.50. The molecule has 1 aromatic rings. The molecule has 16 heteroatoms.